The van der Waals surface area contributed by atoms with Gasteiger partial charge in [-0.1, -0.05) is 26.3 Å². The molecule has 0 aromatic rings. The van der Waals surface area contributed by atoms with Crippen LogP contribution in [0.15, 0.2) is 11.1 Å². The largest absolute Gasteiger partial charge is 0.466 e. The van der Waals surface area contributed by atoms with E-state index in [0.717, 1.165) is 24.0 Å². The molecule has 0 atom stereocenters. The van der Waals surface area contributed by atoms with Gasteiger partial charge in [-0.15, -0.1) is 0 Å². The van der Waals surface area contributed by atoms with Crippen LogP contribution < -0.4 is 0 Å². The molecule has 0 fully saturated rings. The van der Waals surface area contributed by atoms with Crippen LogP contribution in [0.5, 0.6) is 0 Å². The fraction of sp³-hybridized carbons (Fsp3) is 0.750. The van der Waals surface area contributed by atoms with Crippen LogP contribution in [-0.2, 0) is 9.53 Å². The maximum absolute atomic E-state index is 11.2. The molecule has 2 nitrogen and oxygen atoms in total. The van der Waals surface area contributed by atoms with Gasteiger partial charge in [0, 0.05) is 5.57 Å². The normalized spacial score (nSPS) is 13.6. The van der Waals surface area contributed by atoms with E-state index >= 15 is 0 Å². The van der Waals surface area contributed by atoms with E-state index in [0.29, 0.717) is 5.41 Å². The highest BCUT2D eigenvalue weighted by molar-refractivity contribution is 5.88. The highest BCUT2D eigenvalue weighted by atomic mass is 16.5. The van der Waals surface area contributed by atoms with E-state index in [1.54, 1.807) is 0 Å². The highest BCUT2D eigenvalue weighted by Gasteiger charge is 2.12. The molecule has 0 radical (unpaired) electrons. The molecule has 0 aromatic heterocycles. The van der Waals surface area contributed by atoms with Crippen LogP contribution in [0.2, 0.25) is 0 Å². The Morgan fingerprint density at radius 3 is 2.07 bits per heavy atom. The van der Waals surface area contributed by atoms with Gasteiger partial charge >= 0.3 is 5.97 Å². The molecule has 0 aliphatic carbocycles. The van der Waals surface area contributed by atoms with Gasteiger partial charge < -0.3 is 4.74 Å². The Kier molecular flexibility index (Phi) is 4.89. The summed E-state index contributed by atoms with van der Waals surface area (Å²) in [4.78, 5) is 11.2. The van der Waals surface area contributed by atoms with Crippen molar-refractivity contribution in [3.05, 3.63) is 11.1 Å². The summed E-state index contributed by atoms with van der Waals surface area (Å²) in [5.41, 5.74) is 2.20. The van der Waals surface area contributed by atoms with Crippen molar-refractivity contribution in [3.63, 3.8) is 0 Å². The molecule has 2 heteroatoms. The molecule has 82 valence electrons. The zero-order valence-electron chi connectivity index (χ0n) is 10.2. The molecule has 0 amide bonds. The third-order valence-electron chi connectivity index (χ3n) is 2.38. The zero-order valence-corrected chi connectivity index (χ0v) is 10.2. The average molecular weight is 198 g/mol. The third-order valence-corrected chi connectivity index (χ3v) is 2.38. The second-order valence-electron chi connectivity index (χ2n) is 4.96. The number of ether oxygens (including phenoxy) is 1. The molecule has 0 aliphatic rings. The van der Waals surface area contributed by atoms with Crippen LogP contribution in [-0.4, -0.2) is 13.1 Å². The fourth-order valence-corrected chi connectivity index (χ4v) is 1.08. The lowest BCUT2D eigenvalue weighted by atomic mass is 9.88. The smallest absolute Gasteiger partial charge is 0.333 e. The van der Waals surface area contributed by atoms with Gasteiger partial charge in [0.15, 0.2) is 0 Å². The average Bonchev–Trinajstić information content (AvgIpc) is 2.10. The molecule has 0 heterocycles. The van der Waals surface area contributed by atoms with Gasteiger partial charge in [-0.05, 0) is 32.1 Å². The Morgan fingerprint density at radius 1 is 1.21 bits per heavy atom. The quantitative estimate of drug-likeness (QED) is 0.513. The Labute approximate surface area is 87.3 Å². The van der Waals surface area contributed by atoms with Crippen molar-refractivity contribution >= 4 is 5.97 Å². The second kappa shape index (κ2) is 5.18. The summed E-state index contributed by atoms with van der Waals surface area (Å²) in [5, 5.41) is 0. The third kappa shape index (κ3) is 5.05. The number of rotatable bonds is 3. The van der Waals surface area contributed by atoms with Gasteiger partial charge in [0.05, 0.1) is 7.11 Å². The summed E-state index contributed by atoms with van der Waals surface area (Å²) in [6.45, 7) is 10.4. The first-order chi connectivity index (χ1) is 6.28. The van der Waals surface area contributed by atoms with E-state index in [1.165, 1.54) is 7.11 Å². The number of hydrogen-bond acceptors (Lipinski definition) is 2. The number of hydrogen-bond donors (Lipinski definition) is 0. The SMILES string of the molecule is COC(=O)C(C)=C(C)CCC(C)(C)C. The minimum atomic E-state index is -0.212. The van der Waals surface area contributed by atoms with Gasteiger partial charge in [0.25, 0.3) is 0 Å². The van der Waals surface area contributed by atoms with Gasteiger partial charge in [0.2, 0.25) is 0 Å². The first-order valence-electron chi connectivity index (χ1n) is 5.02. The first-order valence-corrected chi connectivity index (χ1v) is 5.02. The van der Waals surface area contributed by atoms with Gasteiger partial charge in [0.1, 0.15) is 0 Å². The van der Waals surface area contributed by atoms with Crippen molar-refractivity contribution in [1.82, 2.24) is 0 Å². The lowest BCUT2D eigenvalue weighted by Gasteiger charge is -2.18. The van der Waals surface area contributed by atoms with Crippen LogP contribution in [0.4, 0.5) is 0 Å². The summed E-state index contributed by atoms with van der Waals surface area (Å²) < 4.78 is 4.67. The summed E-state index contributed by atoms with van der Waals surface area (Å²) in [6.07, 6.45) is 2.05. The molecule has 0 saturated heterocycles. The Hall–Kier alpha value is -0.790. The maximum Gasteiger partial charge on any atom is 0.333 e. The standard InChI is InChI=1S/C12H22O2/c1-9(7-8-12(3,4)5)10(2)11(13)14-6/h7-8H2,1-6H3. The number of esters is 1. The predicted octanol–water partition coefficient (Wildman–Crippen LogP) is 3.32. The van der Waals surface area contributed by atoms with Gasteiger partial charge in [-0.2, -0.15) is 0 Å². The molecule has 0 spiro atoms. The fourth-order valence-electron chi connectivity index (χ4n) is 1.08. The summed E-state index contributed by atoms with van der Waals surface area (Å²) >= 11 is 0. The van der Waals surface area contributed by atoms with E-state index < -0.39 is 0 Å². The van der Waals surface area contributed by atoms with Crippen LogP contribution in [0.3, 0.4) is 0 Å². The Bertz CT molecular complexity index is 231. The van der Waals surface area contributed by atoms with Crippen molar-refractivity contribution in [2.45, 2.75) is 47.5 Å². The van der Waals surface area contributed by atoms with Gasteiger partial charge in [-0.25, -0.2) is 4.79 Å². The maximum atomic E-state index is 11.2. The lowest BCUT2D eigenvalue weighted by Crippen LogP contribution is -2.07. The molecule has 0 unspecified atom stereocenters. The van der Waals surface area contributed by atoms with E-state index in [1.807, 2.05) is 13.8 Å². The zero-order chi connectivity index (χ0) is 11.4. The van der Waals surface area contributed by atoms with Crippen molar-refractivity contribution in [1.29, 1.82) is 0 Å². The monoisotopic (exact) mass is 198 g/mol. The van der Waals surface area contributed by atoms with Gasteiger partial charge in [-0.3, -0.25) is 0 Å². The van der Waals surface area contributed by atoms with Crippen molar-refractivity contribution in [2.75, 3.05) is 7.11 Å². The molecular formula is C12H22O2. The van der Waals surface area contributed by atoms with E-state index in [-0.39, 0.29) is 5.97 Å². The Morgan fingerprint density at radius 2 is 1.71 bits per heavy atom. The molecule has 14 heavy (non-hydrogen) atoms. The van der Waals surface area contributed by atoms with Crippen molar-refractivity contribution < 1.29 is 9.53 Å². The first kappa shape index (κ1) is 13.2. The van der Waals surface area contributed by atoms with E-state index in [4.69, 9.17) is 0 Å². The predicted molar refractivity (Wildman–Crippen MR) is 59.1 cm³/mol. The van der Waals surface area contributed by atoms with E-state index in [9.17, 15) is 4.79 Å². The van der Waals surface area contributed by atoms with Crippen LogP contribution in [0, 0.1) is 5.41 Å². The van der Waals surface area contributed by atoms with Crippen LogP contribution in [0.1, 0.15) is 47.5 Å². The molecule has 0 N–H and O–H groups in total. The minimum absolute atomic E-state index is 0.212. The number of allylic oxidation sites excluding steroid dienone is 1. The summed E-state index contributed by atoms with van der Waals surface area (Å²) in [5.74, 6) is -0.212. The topological polar surface area (TPSA) is 26.3 Å². The van der Waals surface area contributed by atoms with Crippen molar-refractivity contribution in [2.24, 2.45) is 5.41 Å². The molecule has 0 rings (SSSR count). The molecule has 0 aliphatic heterocycles. The number of methoxy groups -OCH3 is 1. The van der Waals surface area contributed by atoms with E-state index in [2.05, 4.69) is 25.5 Å². The molecular weight excluding hydrogens is 176 g/mol. The van der Waals surface area contributed by atoms with Crippen LogP contribution in [0.25, 0.3) is 0 Å². The van der Waals surface area contributed by atoms with Crippen molar-refractivity contribution in [3.8, 4) is 0 Å². The lowest BCUT2D eigenvalue weighted by molar-refractivity contribution is -0.136. The molecule has 0 saturated carbocycles. The minimum Gasteiger partial charge on any atom is -0.466 e. The number of carbonyl (C=O) groups excluding carboxylic acids is 1. The molecule has 0 aromatic carbocycles. The highest BCUT2D eigenvalue weighted by Crippen LogP contribution is 2.24. The number of carbonyl (C=O) groups is 1. The second-order valence-corrected chi connectivity index (χ2v) is 4.96. The summed E-state index contributed by atoms with van der Waals surface area (Å²) in [6, 6.07) is 0. The van der Waals surface area contributed by atoms with Crippen LogP contribution >= 0.6 is 0 Å². The summed E-state index contributed by atoms with van der Waals surface area (Å²) in [7, 11) is 1.42. The Balaban J connectivity index is 4.32. The molecule has 0 bridgehead atoms.